The van der Waals surface area contributed by atoms with Gasteiger partial charge in [-0.3, -0.25) is 4.57 Å². The molecule has 2 aromatic carbocycles. The molecular weight excluding hydrogens is 410 g/mol. The molecule has 0 radical (unpaired) electrons. The molecule has 0 aliphatic carbocycles. The van der Waals surface area contributed by atoms with Crippen LogP contribution in [-0.4, -0.2) is 59.1 Å². The van der Waals surface area contributed by atoms with Gasteiger partial charge in [0.25, 0.3) is 0 Å². The van der Waals surface area contributed by atoms with Gasteiger partial charge in [-0.05, 0) is 36.8 Å². The number of nitrogens with zero attached hydrogens (tertiary/aromatic N) is 3. The Morgan fingerprint density at radius 2 is 1.97 bits per heavy atom. The minimum absolute atomic E-state index is 0.115. The molecule has 3 atom stereocenters. The molecule has 1 saturated heterocycles. The third-order valence-corrected chi connectivity index (χ3v) is 6.66. The van der Waals surface area contributed by atoms with Crippen molar-refractivity contribution < 1.29 is 24.1 Å². The summed E-state index contributed by atoms with van der Waals surface area (Å²) in [6.07, 6.45) is -1.03. The highest BCUT2D eigenvalue weighted by Crippen LogP contribution is 2.47. The van der Waals surface area contributed by atoms with Crippen LogP contribution in [0.25, 0.3) is 11.0 Å². The number of aliphatic hydroxyl groups excluding tert-OH is 1. The summed E-state index contributed by atoms with van der Waals surface area (Å²) >= 11 is 0. The maximum absolute atomic E-state index is 12.2. The highest BCUT2D eigenvalue weighted by molar-refractivity contribution is 5.76. The molecule has 1 N–H and O–H groups in total. The van der Waals surface area contributed by atoms with Gasteiger partial charge in [-0.2, -0.15) is 4.98 Å². The molecule has 1 amide bonds. The van der Waals surface area contributed by atoms with Crippen LogP contribution in [0.15, 0.2) is 42.5 Å². The summed E-state index contributed by atoms with van der Waals surface area (Å²) in [7, 11) is 4.85. The molecule has 1 aliphatic rings. The van der Waals surface area contributed by atoms with Gasteiger partial charge in [0.05, 0.1) is 31.4 Å². The number of benzene rings is 2. The lowest BCUT2D eigenvalue weighted by Crippen LogP contribution is -2.38. The number of aliphatic hydroxyl groups is 1. The number of carbonyl (C=O) groups is 1. The zero-order valence-corrected chi connectivity index (χ0v) is 19.0. The molecule has 8 heteroatoms. The number of hydrogen-bond acceptors (Lipinski definition) is 6. The first-order valence-corrected chi connectivity index (χ1v) is 10.6. The molecule has 1 fully saturated rings. The number of amides is 1. The Kier molecular flexibility index (Phi) is 5.73. The molecule has 2 heterocycles. The lowest BCUT2D eigenvalue weighted by atomic mass is 9.72. The number of rotatable bonds is 5. The van der Waals surface area contributed by atoms with Gasteiger partial charge in [0.1, 0.15) is 0 Å². The van der Waals surface area contributed by atoms with Gasteiger partial charge in [0.15, 0.2) is 11.5 Å². The Balaban J connectivity index is 1.72. The third kappa shape index (κ3) is 3.64. The minimum Gasteiger partial charge on any atom is -0.493 e. The number of ether oxygens (including phenoxy) is 3. The van der Waals surface area contributed by atoms with Crippen molar-refractivity contribution in [3.05, 3.63) is 48.0 Å². The molecule has 170 valence electrons. The number of aromatic nitrogens is 2. The standard InChI is InChI=1S/C24H29N3O5/c1-15(28)24(2)14-27(23(29)31-5)13-17(24)16-10-11-20(30-4)21(12-16)32-22-25-18-8-6-7-9-19(18)26(22)3/h6-12,15,17,28H,13-14H2,1-5H3/t15-,17-,24-/m0/s1. The van der Waals surface area contributed by atoms with Crippen LogP contribution in [0.5, 0.6) is 17.5 Å². The second kappa shape index (κ2) is 8.35. The van der Waals surface area contributed by atoms with Crippen molar-refractivity contribution in [3.8, 4) is 17.5 Å². The predicted molar refractivity (Wildman–Crippen MR) is 120 cm³/mol. The fourth-order valence-corrected chi connectivity index (χ4v) is 4.50. The van der Waals surface area contributed by atoms with E-state index >= 15 is 0 Å². The Morgan fingerprint density at radius 3 is 2.62 bits per heavy atom. The van der Waals surface area contributed by atoms with Crippen LogP contribution < -0.4 is 9.47 Å². The fraction of sp³-hybridized carbons (Fsp3) is 0.417. The Morgan fingerprint density at radius 1 is 1.22 bits per heavy atom. The topological polar surface area (TPSA) is 86.0 Å². The Labute approximate surface area is 187 Å². The van der Waals surface area contributed by atoms with E-state index in [4.69, 9.17) is 14.2 Å². The quantitative estimate of drug-likeness (QED) is 0.648. The fourth-order valence-electron chi connectivity index (χ4n) is 4.50. The number of hydrogen-bond donors (Lipinski definition) is 1. The summed E-state index contributed by atoms with van der Waals surface area (Å²) in [5.74, 6) is 0.977. The minimum atomic E-state index is -0.631. The lowest BCUT2D eigenvalue weighted by molar-refractivity contribution is 0.0470. The van der Waals surface area contributed by atoms with E-state index < -0.39 is 17.6 Å². The molecular formula is C24H29N3O5. The molecule has 4 rings (SSSR count). The first kappa shape index (κ1) is 22.0. The van der Waals surface area contributed by atoms with Crippen LogP contribution in [0.4, 0.5) is 4.79 Å². The predicted octanol–water partition coefficient (Wildman–Crippen LogP) is 3.93. The average molecular weight is 440 g/mol. The van der Waals surface area contributed by atoms with E-state index in [9.17, 15) is 9.90 Å². The maximum atomic E-state index is 12.2. The number of methoxy groups -OCH3 is 2. The van der Waals surface area contributed by atoms with Gasteiger partial charge in [0, 0.05) is 31.5 Å². The first-order valence-electron chi connectivity index (χ1n) is 10.6. The number of imidazole rings is 1. The second-order valence-corrected chi connectivity index (χ2v) is 8.54. The van der Waals surface area contributed by atoms with Crippen LogP contribution in [0, 0.1) is 5.41 Å². The number of fused-ring (bicyclic) bond motifs is 1. The van der Waals surface area contributed by atoms with Crippen molar-refractivity contribution >= 4 is 17.1 Å². The van der Waals surface area contributed by atoms with Gasteiger partial charge in [-0.25, -0.2) is 4.79 Å². The van der Waals surface area contributed by atoms with Crippen molar-refractivity contribution in [2.45, 2.75) is 25.9 Å². The van der Waals surface area contributed by atoms with Crippen molar-refractivity contribution in [2.75, 3.05) is 27.3 Å². The second-order valence-electron chi connectivity index (χ2n) is 8.54. The van der Waals surface area contributed by atoms with Crippen molar-refractivity contribution in [2.24, 2.45) is 12.5 Å². The molecule has 32 heavy (non-hydrogen) atoms. The van der Waals surface area contributed by atoms with E-state index in [0.29, 0.717) is 30.6 Å². The first-order chi connectivity index (χ1) is 15.3. The summed E-state index contributed by atoms with van der Waals surface area (Å²) < 4.78 is 18.5. The molecule has 0 spiro atoms. The molecule has 1 aromatic heterocycles. The lowest BCUT2D eigenvalue weighted by Gasteiger charge is -2.33. The highest BCUT2D eigenvalue weighted by atomic mass is 16.5. The largest absolute Gasteiger partial charge is 0.493 e. The summed E-state index contributed by atoms with van der Waals surface area (Å²) in [5, 5.41) is 10.6. The van der Waals surface area contributed by atoms with Gasteiger partial charge >= 0.3 is 12.1 Å². The van der Waals surface area contributed by atoms with Crippen LogP contribution in [0.3, 0.4) is 0 Å². The Hall–Kier alpha value is -3.26. The summed E-state index contributed by atoms with van der Waals surface area (Å²) in [4.78, 5) is 18.4. The zero-order valence-electron chi connectivity index (χ0n) is 19.0. The highest BCUT2D eigenvalue weighted by Gasteiger charge is 2.48. The molecule has 8 nitrogen and oxygen atoms in total. The summed E-state index contributed by atoms with van der Waals surface area (Å²) in [6, 6.07) is 14.0. The molecule has 0 bridgehead atoms. The van der Waals surface area contributed by atoms with E-state index in [1.54, 1.807) is 18.9 Å². The van der Waals surface area contributed by atoms with Crippen LogP contribution in [0.1, 0.15) is 25.3 Å². The number of para-hydroxylation sites is 2. The molecule has 0 unspecified atom stereocenters. The SMILES string of the molecule is COC(=O)N1C[C@@H](c2ccc(OC)c(Oc3nc4ccccc4n3C)c2)[C@](C)([C@H](C)O)C1. The van der Waals surface area contributed by atoms with Crippen molar-refractivity contribution in [1.29, 1.82) is 0 Å². The molecule has 1 aliphatic heterocycles. The van der Waals surface area contributed by atoms with E-state index in [-0.39, 0.29) is 5.92 Å². The summed E-state index contributed by atoms with van der Waals surface area (Å²) in [5.41, 5.74) is 2.20. The third-order valence-electron chi connectivity index (χ3n) is 6.66. The monoisotopic (exact) mass is 439 g/mol. The molecule has 3 aromatic rings. The van der Waals surface area contributed by atoms with Crippen LogP contribution >= 0.6 is 0 Å². The number of aryl methyl sites for hydroxylation is 1. The van der Waals surface area contributed by atoms with Gasteiger partial charge in [-0.1, -0.05) is 25.1 Å². The Bertz CT molecular complexity index is 1140. The van der Waals surface area contributed by atoms with E-state index in [1.807, 2.05) is 61.0 Å². The number of likely N-dealkylation sites (tertiary alicyclic amines) is 1. The molecule has 0 saturated carbocycles. The van der Waals surface area contributed by atoms with Gasteiger partial charge in [-0.15, -0.1) is 0 Å². The van der Waals surface area contributed by atoms with Crippen molar-refractivity contribution in [1.82, 2.24) is 14.5 Å². The van der Waals surface area contributed by atoms with Crippen LogP contribution in [0.2, 0.25) is 0 Å². The summed E-state index contributed by atoms with van der Waals surface area (Å²) in [6.45, 7) is 4.58. The van der Waals surface area contributed by atoms with Gasteiger partial charge < -0.3 is 24.2 Å². The smallest absolute Gasteiger partial charge is 0.409 e. The normalized spacial score (nSPS) is 21.6. The zero-order chi connectivity index (χ0) is 23.0. The van der Waals surface area contributed by atoms with Gasteiger partial charge in [0.2, 0.25) is 0 Å². The van der Waals surface area contributed by atoms with E-state index in [0.717, 1.165) is 16.6 Å². The van der Waals surface area contributed by atoms with Crippen molar-refractivity contribution in [3.63, 3.8) is 0 Å². The maximum Gasteiger partial charge on any atom is 0.409 e. The average Bonchev–Trinajstić information content (AvgIpc) is 3.31. The van der Waals surface area contributed by atoms with E-state index in [1.165, 1.54) is 7.11 Å². The van der Waals surface area contributed by atoms with E-state index in [2.05, 4.69) is 4.98 Å². The number of carbonyl (C=O) groups excluding carboxylic acids is 1. The van der Waals surface area contributed by atoms with Crippen LogP contribution in [-0.2, 0) is 11.8 Å².